The average Bonchev–Trinajstić information content (AvgIpc) is 2.75. The quantitative estimate of drug-likeness (QED) is 0.654. The molecule has 1 aromatic rings. The molecule has 1 aliphatic rings. The molecule has 0 aromatic carbocycles. The van der Waals surface area contributed by atoms with Crippen molar-refractivity contribution in [2.24, 2.45) is 5.92 Å². The minimum absolute atomic E-state index is 0.817. The highest BCUT2D eigenvalue weighted by Gasteiger charge is 2.38. The van der Waals surface area contributed by atoms with E-state index in [0.717, 1.165) is 17.2 Å². The van der Waals surface area contributed by atoms with Crippen LogP contribution in [0, 0.1) is 5.92 Å². The predicted molar refractivity (Wildman–Crippen MR) is 64.4 cm³/mol. The zero-order valence-corrected chi connectivity index (χ0v) is 11.8. The molecule has 0 spiro atoms. The first-order valence-electron chi connectivity index (χ1n) is 3.73. The summed E-state index contributed by atoms with van der Waals surface area (Å²) in [6, 6.07) is 2.24. The summed E-state index contributed by atoms with van der Waals surface area (Å²) in [5, 5.41) is 1.14. The number of thiophene rings is 1. The number of alkyl halides is 1. The molecule has 0 N–H and O–H groups in total. The third kappa shape index (κ3) is 1.81. The molecule has 1 heterocycles. The number of rotatable bonds is 2. The van der Waals surface area contributed by atoms with Gasteiger partial charge in [0.25, 0.3) is 0 Å². The van der Waals surface area contributed by atoms with Crippen LogP contribution in [0.4, 0.5) is 0 Å². The Balaban J connectivity index is 2.15. The lowest BCUT2D eigenvalue weighted by Gasteiger charge is -1.89. The summed E-state index contributed by atoms with van der Waals surface area (Å²) in [5.74, 6) is 1.69. The van der Waals surface area contributed by atoms with Crippen molar-refractivity contribution in [2.45, 2.75) is 12.3 Å². The Bertz CT molecular complexity index is 275. The molecular formula is C8H7Br3S. The van der Waals surface area contributed by atoms with E-state index >= 15 is 0 Å². The molecule has 2 unspecified atom stereocenters. The summed E-state index contributed by atoms with van der Waals surface area (Å²) in [4.78, 5) is 1.51. The fraction of sp³-hybridized carbons (Fsp3) is 0.500. The van der Waals surface area contributed by atoms with Gasteiger partial charge in [0.1, 0.15) is 0 Å². The van der Waals surface area contributed by atoms with Gasteiger partial charge in [0.15, 0.2) is 0 Å². The molecule has 1 fully saturated rings. The van der Waals surface area contributed by atoms with E-state index < -0.39 is 0 Å². The SMILES string of the molecule is BrCC1CC1c1cc(Br)c(Br)s1. The Kier molecular flexibility index (Phi) is 3.00. The highest BCUT2D eigenvalue weighted by Crippen LogP contribution is 2.52. The van der Waals surface area contributed by atoms with Crippen molar-refractivity contribution < 1.29 is 0 Å². The summed E-state index contributed by atoms with van der Waals surface area (Å²) < 4.78 is 2.42. The lowest BCUT2D eigenvalue weighted by Crippen LogP contribution is -1.78. The summed E-state index contributed by atoms with van der Waals surface area (Å²) >= 11 is 12.4. The lowest BCUT2D eigenvalue weighted by atomic mass is 10.3. The maximum absolute atomic E-state index is 3.52. The minimum atomic E-state index is 0.817. The minimum Gasteiger partial charge on any atom is -0.132 e. The standard InChI is InChI=1S/C8H7Br3S/c9-3-4-1-5(4)7-2-6(10)8(11)12-7/h2,4-5H,1,3H2. The lowest BCUT2D eigenvalue weighted by molar-refractivity contribution is 0.950. The van der Waals surface area contributed by atoms with Gasteiger partial charge in [-0.05, 0) is 56.2 Å². The van der Waals surface area contributed by atoms with Crippen molar-refractivity contribution >= 4 is 59.1 Å². The van der Waals surface area contributed by atoms with E-state index in [0.29, 0.717) is 0 Å². The summed E-state index contributed by atoms with van der Waals surface area (Å²) in [6.45, 7) is 0. The fourth-order valence-electron chi connectivity index (χ4n) is 1.31. The fourth-order valence-corrected chi connectivity index (χ4v) is 4.32. The Hall–Kier alpha value is 1.14. The van der Waals surface area contributed by atoms with Gasteiger partial charge in [-0.15, -0.1) is 11.3 Å². The van der Waals surface area contributed by atoms with Crippen molar-refractivity contribution in [1.82, 2.24) is 0 Å². The molecule has 1 saturated carbocycles. The molecule has 2 rings (SSSR count). The second-order valence-corrected chi connectivity index (χ2v) is 6.93. The van der Waals surface area contributed by atoms with E-state index in [1.165, 1.54) is 19.6 Å². The molecule has 0 bridgehead atoms. The molecule has 1 aliphatic carbocycles. The largest absolute Gasteiger partial charge is 0.132 e. The van der Waals surface area contributed by atoms with Crippen LogP contribution in [0.15, 0.2) is 14.3 Å². The first-order valence-corrected chi connectivity index (χ1v) is 7.25. The van der Waals surface area contributed by atoms with E-state index in [9.17, 15) is 0 Å². The Labute approximate surface area is 101 Å². The van der Waals surface area contributed by atoms with E-state index in [1.54, 1.807) is 0 Å². The highest BCUT2D eigenvalue weighted by atomic mass is 79.9. The van der Waals surface area contributed by atoms with E-state index in [1.807, 2.05) is 11.3 Å². The molecule has 0 nitrogen and oxygen atoms in total. The predicted octanol–water partition coefficient (Wildman–Crippen LogP) is 4.77. The third-order valence-electron chi connectivity index (χ3n) is 2.15. The second kappa shape index (κ2) is 3.71. The molecule has 0 saturated heterocycles. The normalized spacial score (nSPS) is 27.6. The molecule has 4 heteroatoms. The summed E-state index contributed by atoms with van der Waals surface area (Å²) in [6.07, 6.45) is 1.35. The molecule has 0 amide bonds. The Morgan fingerprint density at radius 1 is 1.50 bits per heavy atom. The van der Waals surface area contributed by atoms with Gasteiger partial charge >= 0.3 is 0 Å². The van der Waals surface area contributed by atoms with Gasteiger partial charge < -0.3 is 0 Å². The monoisotopic (exact) mass is 372 g/mol. The van der Waals surface area contributed by atoms with Gasteiger partial charge in [0, 0.05) is 14.7 Å². The Morgan fingerprint density at radius 3 is 2.67 bits per heavy atom. The van der Waals surface area contributed by atoms with Crippen LogP contribution >= 0.6 is 59.1 Å². The average molecular weight is 375 g/mol. The smallest absolute Gasteiger partial charge is 0.0843 e. The molecule has 66 valence electrons. The first kappa shape index (κ1) is 9.69. The van der Waals surface area contributed by atoms with Crippen LogP contribution in [0.2, 0.25) is 0 Å². The van der Waals surface area contributed by atoms with Crippen molar-refractivity contribution in [2.75, 3.05) is 5.33 Å². The van der Waals surface area contributed by atoms with E-state index in [2.05, 4.69) is 53.9 Å². The van der Waals surface area contributed by atoms with Gasteiger partial charge in [-0.1, -0.05) is 15.9 Å². The van der Waals surface area contributed by atoms with E-state index in [-0.39, 0.29) is 0 Å². The van der Waals surface area contributed by atoms with Crippen LogP contribution in [0.25, 0.3) is 0 Å². The number of halogens is 3. The second-order valence-electron chi connectivity index (χ2n) is 3.03. The van der Waals surface area contributed by atoms with Gasteiger partial charge in [0.2, 0.25) is 0 Å². The zero-order chi connectivity index (χ0) is 8.72. The van der Waals surface area contributed by atoms with Gasteiger partial charge in [0.05, 0.1) is 3.79 Å². The van der Waals surface area contributed by atoms with Crippen LogP contribution in [0.5, 0.6) is 0 Å². The molecule has 12 heavy (non-hydrogen) atoms. The molecule has 2 atom stereocenters. The first-order chi connectivity index (χ1) is 5.72. The van der Waals surface area contributed by atoms with Crippen LogP contribution in [-0.2, 0) is 0 Å². The van der Waals surface area contributed by atoms with Gasteiger partial charge in [-0.2, -0.15) is 0 Å². The highest BCUT2D eigenvalue weighted by molar-refractivity contribution is 9.13. The summed E-state index contributed by atoms with van der Waals surface area (Å²) in [5.41, 5.74) is 0. The molecule has 0 aliphatic heterocycles. The topological polar surface area (TPSA) is 0 Å². The number of hydrogen-bond donors (Lipinski definition) is 0. The molecular weight excluding hydrogens is 368 g/mol. The van der Waals surface area contributed by atoms with Crippen LogP contribution in [0.1, 0.15) is 17.2 Å². The maximum atomic E-state index is 3.52. The molecule has 1 aromatic heterocycles. The third-order valence-corrected chi connectivity index (χ3v) is 6.37. The van der Waals surface area contributed by atoms with Crippen LogP contribution in [0.3, 0.4) is 0 Å². The van der Waals surface area contributed by atoms with Gasteiger partial charge in [-0.3, -0.25) is 0 Å². The molecule has 0 radical (unpaired) electrons. The van der Waals surface area contributed by atoms with Crippen molar-refractivity contribution in [3.8, 4) is 0 Å². The van der Waals surface area contributed by atoms with Crippen LogP contribution < -0.4 is 0 Å². The van der Waals surface area contributed by atoms with Crippen molar-refractivity contribution in [1.29, 1.82) is 0 Å². The van der Waals surface area contributed by atoms with Crippen LogP contribution in [-0.4, -0.2) is 5.33 Å². The summed E-state index contributed by atoms with van der Waals surface area (Å²) in [7, 11) is 0. The van der Waals surface area contributed by atoms with Gasteiger partial charge in [-0.25, -0.2) is 0 Å². The van der Waals surface area contributed by atoms with E-state index in [4.69, 9.17) is 0 Å². The maximum Gasteiger partial charge on any atom is 0.0843 e. The van der Waals surface area contributed by atoms with Crippen molar-refractivity contribution in [3.63, 3.8) is 0 Å². The van der Waals surface area contributed by atoms with Crippen molar-refractivity contribution in [3.05, 3.63) is 19.2 Å². The zero-order valence-electron chi connectivity index (χ0n) is 6.19. The number of hydrogen-bond acceptors (Lipinski definition) is 1. The Morgan fingerprint density at radius 2 is 2.25 bits per heavy atom.